The molecule has 0 fully saturated rings. The number of sulfonamides is 1. The van der Waals surface area contributed by atoms with Gasteiger partial charge in [-0.15, -0.1) is 0 Å². The summed E-state index contributed by atoms with van der Waals surface area (Å²) in [6.45, 7) is 3.74. The van der Waals surface area contributed by atoms with Crippen molar-refractivity contribution in [3.63, 3.8) is 0 Å². The standard InChI is InChI=1S/C28H28N2O3S/c1-21-28(23-15-17-29(18-16-23)34(31,32)25-11-4-3-5-12-25)26-13-6-7-14-27(26)30(21)20-22-9-8-10-24(19-22)33-2/h3-15,19H,16-18,20H2,1-2H3. The molecule has 0 radical (unpaired) electrons. The molecule has 0 spiro atoms. The fourth-order valence-corrected chi connectivity index (χ4v) is 6.23. The summed E-state index contributed by atoms with van der Waals surface area (Å²) in [4.78, 5) is 0.345. The van der Waals surface area contributed by atoms with Crippen LogP contribution in [0.3, 0.4) is 0 Å². The van der Waals surface area contributed by atoms with Gasteiger partial charge in [0.25, 0.3) is 0 Å². The number of benzene rings is 3. The van der Waals surface area contributed by atoms with Gasteiger partial charge in [-0.25, -0.2) is 8.42 Å². The Balaban J connectivity index is 1.49. The molecule has 34 heavy (non-hydrogen) atoms. The monoisotopic (exact) mass is 472 g/mol. The zero-order valence-electron chi connectivity index (χ0n) is 19.4. The van der Waals surface area contributed by atoms with Crippen LogP contribution in [-0.4, -0.2) is 37.5 Å². The first-order chi connectivity index (χ1) is 16.5. The topological polar surface area (TPSA) is 51.5 Å². The zero-order chi connectivity index (χ0) is 23.7. The molecule has 0 bridgehead atoms. The predicted octanol–water partition coefficient (Wildman–Crippen LogP) is 5.48. The summed E-state index contributed by atoms with van der Waals surface area (Å²) in [6, 6.07) is 25.3. The highest BCUT2D eigenvalue weighted by molar-refractivity contribution is 7.89. The lowest BCUT2D eigenvalue weighted by atomic mass is 9.97. The van der Waals surface area contributed by atoms with Crippen molar-refractivity contribution in [2.24, 2.45) is 0 Å². The molecule has 5 nitrogen and oxygen atoms in total. The second kappa shape index (κ2) is 9.12. The molecule has 0 atom stereocenters. The molecule has 0 N–H and O–H groups in total. The van der Waals surface area contributed by atoms with Crippen LogP contribution >= 0.6 is 0 Å². The van der Waals surface area contributed by atoms with Crippen LogP contribution in [-0.2, 0) is 16.6 Å². The molecule has 1 aromatic heterocycles. The quantitative estimate of drug-likeness (QED) is 0.373. The Labute approximate surface area is 201 Å². The summed E-state index contributed by atoms with van der Waals surface area (Å²) in [7, 11) is -1.81. The molecule has 6 heteroatoms. The Bertz CT molecular complexity index is 1470. The summed E-state index contributed by atoms with van der Waals surface area (Å²) in [5, 5.41) is 1.20. The van der Waals surface area contributed by atoms with E-state index in [-0.39, 0.29) is 0 Å². The van der Waals surface area contributed by atoms with Crippen LogP contribution in [0.2, 0.25) is 0 Å². The minimum absolute atomic E-state index is 0.345. The van der Waals surface area contributed by atoms with Gasteiger partial charge in [-0.2, -0.15) is 4.31 Å². The fourth-order valence-electron chi connectivity index (χ4n) is 4.83. The number of hydrogen-bond acceptors (Lipinski definition) is 3. The van der Waals surface area contributed by atoms with Crippen molar-refractivity contribution in [2.45, 2.75) is 24.8 Å². The highest BCUT2D eigenvalue weighted by Crippen LogP contribution is 2.36. The lowest BCUT2D eigenvalue weighted by Gasteiger charge is -2.26. The largest absolute Gasteiger partial charge is 0.497 e. The molecule has 174 valence electrons. The maximum atomic E-state index is 13.1. The third kappa shape index (κ3) is 4.04. The molecule has 3 aromatic carbocycles. The van der Waals surface area contributed by atoms with Crippen LogP contribution in [0.1, 0.15) is 23.2 Å². The highest BCUT2D eigenvalue weighted by Gasteiger charge is 2.27. The number of fused-ring (bicyclic) bond motifs is 1. The van der Waals surface area contributed by atoms with Crippen LogP contribution in [0.25, 0.3) is 16.5 Å². The van der Waals surface area contributed by atoms with Gasteiger partial charge < -0.3 is 9.30 Å². The van der Waals surface area contributed by atoms with Gasteiger partial charge in [0.15, 0.2) is 0 Å². The van der Waals surface area contributed by atoms with E-state index in [0.29, 0.717) is 24.4 Å². The molecule has 1 aliphatic rings. The van der Waals surface area contributed by atoms with E-state index < -0.39 is 10.0 Å². The minimum atomic E-state index is -3.49. The van der Waals surface area contributed by atoms with Crippen molar-refractivity contribution in [2.75, 3.05) is 20.2 Å². The number of nitrogens with zero attached hydrogens (tertiary/aromatic N) is 2. The average Bonchev–Trinajstić information content (AvgIpc) is 3.16. The van der Waals surface area contributed by atoms with Crippen LogP contribution in [0, 0.1) is 6.92 Å². The van der Waals surface area contributed by atoms with Gasteiger partial charge in [0, 0.05) is 41.8 Å². The van der Waals surface area contributed by atoms with E-state index in [0.717, 1.165) is 12.3 Å². The molecule has 4 aromatic rings. The van der Waals surface area contributed by atoms with Crippen molar-refractivity contribution < 1.29 is 13.2 Å². The Morgan fingerprint density at radius 2 is 1.71 bits per heavy atom. The lowest BCUT2D eigenvalue weighted by Crippen LogP contribution is -2.34. The molecule has 0 amide bonds. The summed E-state index contributed by atoms with van der Waals surface area (Å²) in [5.74, 6) is 0.849. The first kappa shape index (κ1) is 22.4. The van der Waals surface area contributed by atoms with E-state index in [9.17, 15) is 8.42 Å². The highest BCUT2D eigenvalue weighted by atomic mass is 32.2. The number of aromatic nitrogens is 1. The number of rotatable bonds is 6. The first-order valence-electron chi connectivity index (χ1n) is 11.4. The third-order valence-corrected chi connectivity index (χ3v) is 8.46. The second-order valence-electron chi connectivity index (χ2n) is 8.57. The van der Waals surface area contributed by atoms with E-state index in [1.165, 1.54) is 33.3 Å². The van der Waals surface area contributed by atoms with Crippen LogP contribution in [0.15, 0.2) is 89.8 Å². The molecule has 1 aliphatic heterocycles. The average molecular weight is 473 g/mol. The van der Waals surface area contributed by atoms with Gasteiger partial charge in [0.2, 0.25) is 10.0 Å². The molecule has 2 heterocycles. The summed E-state index contributed by atoms with van der Waals surface area (Å²) < 4.78 is 35.4. The van der Waals surface area contributed by atoms with Crippen LogP contribution < -0.4 is 4.74 Å². The molecule has 0 unspecified atom stereocenters. The minimum Gasteiger partial charge on any atom is -0.497 e. The molecule has 0 saturated heterocycles. The Kier molecular flexibility index (Phi) is 6.02. The van der Waals surface area contributed by atoms with E-state index in [1.54, 1.807) is 35.7 Å². The number of para-hydroxylation sites is 1. The van der Waals surface area contributed by atoms with Gasteiger partial charge >= 0.3 is 0 Å². The van der Waals surface area contributed by atoms with E-state index in [4.69, 9.17) is 4.74 Å². The summed E-state index contributed by atoms with van der Waals surface area (Å²) in [6.07, 6.45) is 2.76. The Hall–Kier alpha value is -3.35. The van der Waals surface area contributed by atoms with E-state index in [1.807, 2.05) is 18.2 Å². The second-order valence-corrected chi connectivity index (χ2v) is 10.5. The van der Waals surface area contributed by atoms with Gasteiger partial charge in [-0.3, -0.25) is 0 Å². The predicted molar refractivity (Wildman–Crippen MR) is 137 cm³/mol. The van der Waals surface area contributed by atoms with E-state index >= 15 is 0 Å². The van der Waals surface area contributed by atoms with Gasteiger partial charge in [-0.05, 0) is 54.8 Å². The molecule has 0 aliphatic carbocycles. The lowest BCUT2D eigenvalue weighted by molar-refractivity contribution is 0.414. The maximum absolute atomic E-state index is 13.1. The fraction of sp³-hybridized carbons (Fsp3) is 0.214. The van der Waals surface area contributed by atoms with Gasteiger partial charge in [0.1, 0.15) is 5.75 Å². The maximum Gasteiger partial charge on any atom is 0.243 e. The van der Waals surface area contributed by atoms with Crippen molar-refractivity contribution >= 4 is 26.5 Å². The summed E-state index contributed by atoms with van der Waals surface area (Å²) >= 11 is 0. The number of ether oxygens (including phenoxy) is 1. The van der Waals surface area contributed by atoms with Gasteiger partial charge in [-0.1, -0.05) is 54.6 Å². The molecular weight excluding hydrogens is 444 g/mol. The smallest absolute Gasteiger partial charge is 0.243 e. The first-order valence-corrected chi connectivity index (χ1v) is 12.9. The van der Waals surface area contributed by atoms with Crippen molar-refractivity contribution in [1.29, 1.82) is 0 Å². The number of hydrogen-bond donors (Lipinski definition) is 0. The van der Waals surface area contributed by atoms with Crippen LogP contribution in [0.5, 0.6) is 5.75 Å². The van der Waals surface area contributed by atoms with Crippen molar-refractivity contribution in [1.82, 2.24) is 8.87 Å². The zero-order valence-corrected chi connectivity index (χ0v) is 20.3. The van der Waals surface area contributed by atoms with Crippen LogP contribution in [0.4, 0.5) is 0 Å². The van der Waals surface area contributed by atoms with E-state index in [2.05, 4.69) is 54.0 Å². The van der Waals surface area contributed by atoms with Crippen molar-refractivity contribution in [3.05, 3.63) is 102 Å². The number of methoxy groups -OCH3 is 1. The van der Waals surface area contributed by atoms with Crippen molar-refractivity contribution in [3.8, 4) is 5.75 Å². The Morgan fingerprint density at radius 1 is 0.941 bits per heavy atom. The summed E-state index contributed by atoms with van der Waals surface area (Å²) in [5.41, 5.74) is 5.97. The molecule has 5 rings (SSSR count). The third-order valence-electron chi connectivity index (χ3n) is 6.58. The van der Waals surface area contributed by atoms with Gasteiger partial charge in [0.05, 0.1) is 12.0 Å². The molecular formula is C28H28N2O3S. The Morgan fingerprint density at radius 3 is 2.44 bits per heavy atom. The normalized spacial score (nSPS) is 14.8. The molecule has 0 saturated carbocycles. The SMILES string of the molecule is COc1cccc(Cn2c(C)c(C3=CCN(S(=O)(=O)c4ccccc4)CC3)c3ccccc32)c1.